The number of ether oxygens (including phenoxy) is 1. The second kappa shape index (κ2) is 8.93. The quantitative estimate of drug-likeness (QED) is 0.574. The molecule has 2 aromatic rings. The van der Waals surface area contributed by atoms with Gasteiger partial charge in [-0.2, -0.15) is 10.1 Å². The van der Waals surface area contributed by atoms with Crippen LogP contribution >= 0.6 is 0 Å². The van der Waals surface area contributed by atoms with Crippen LogP contribution in [0.15, 0.2) is 35.4 Å². The molecule has 3 rings (SSSR count). The summed E-state index contributed by atoms with van der Waals surface area (Å²) in [7, 11) is 1.55. The van der Waals surface area contributed by atoms with E-state index in [1.165, 1.54) is 0 Å². The fraction of sp³-hybridized carbons (Fsp3) is 0.250. The first-order valence-corrected chi connectivity index (χ1v) is 8.96. The smallest absolute Gasteiger partial charge is 0.267 e. The van der Waals surface area contributed by atoms with Gasteiger partial charge >= 0.3 is 0 Å². The van der Waals surface area contributed by atoms with Crippen molar-refractivity contribution in [1.82, 2.24) is 5.32 Å². The highest BCUT2D eigenvalue weighted by Gasteiger charge is 2.32. The van der Waals surface area contributed by atoms with E-state index in [2.05, 4.69) is 10.4 Å². The van der Waals surface area contributed by atoms with Gasteiger partial charge in [0.15, 0.2) is 23.3 Å². The molecule has 0 aliphatic carbocycles. The normalized spacial score (nSPS) is 13.8. The van der Waals surface area contributed by atoms with Gasteiger partial charge in [0, 0.05) is 25.5 Å². The minimum absolute atomic E-state index is 0.0269. The first-order valence-electron chi connectivity index (χ1n) is 8.96. The predicted octanol–water partition coefficient (Wildman–Crippen LogP) is 3.09. The summed E-state index contributed by atoms with van der Waals surface area (Å²) in [5.41, 5.74) is -0.550. The molecule has 0 unspecified atom stereocenters. The number of anilines is 1. The third kappa shape index (κ3) is 4.42. The van der Waals surface area contributed by atoms with Gasteiger partial charge in [-0.05, 0) is 24.1 Å². The standard InChI is InChI=1S/C20H17F4N3O3/c1-30-12-4-2-11(3-5-12)8-9-25-20(29)15-6-7-16(28)27(26-15)19-17(23)13(21)10-14(22)18(19)24/h2-5,10H,6-9H2,1H3,(H,25,29). The fourth-order valence-corrected chi connectivity index (χ4v) is 2.85. The van der Waals surface area contributed by atoms with Crippen LogP contribution in [0, 0.1) is 23.3 Å². The van der Waals surface area contributed by atoms with Gasteiger partial charge in [0.05, 0.1) is 7.11 Å². The summed E-state index contributed by atoms with van der Waals surface area (Å²) in [6.07, 6.45) is 0.108. The Kier molecular flexibility index (Phi) is 6.34. The average molecular weight is 423 g/mol. The van der Waals surface area contributed by atoms with Crippen molar-refractivity contribution in [2.45, 2.75) is 19.3 Å². The lowest BCUT2D eigenvalue weighted by Crippen LogP contribution is -2.40. The molecular weight excluding hydrogens is 406 g/mol. The summed E-state index contributed by atoms with van der Waals surface area (Å²) < 4.78 is 60.1. The Morgan fingerprint density at radius 3 is 2.33 bits per heavy atom. The highest BCUT2D eigenvalue weighted by Crippen LogP contribution is 2.30. The molecule has 30 heavy (non-hydrogen) atoms. The van der Waals surface area contributed by atoms with Crippen LogP contribution in [0.4, 0.5) is 23.2 Å². The summed E-state index contributed by atoms with van der Waals surface area (Å²) in [5, 5.41) is 6.43. The summed E-state index contributed by atoms with van der Waals surface area (Å²) in [5.74, 6) is -7.76. The molecule has 0 spiro atoms. The Morgan fingerprint density at radius 1 is 1.10 bits per heavy atom. The molecule has 0 radical (unpaired) electrons. The van der Waals surface area contributed by atoms with Gasteiger partial charge in [-0.25, -0.2) is 17.6 Å². The van der Waals surface area contributed by atoms with Crippen LogP contribution in [0.3, 0.4) is 0 Å². The van der Waals surface area contributed by atoms with Crippen LogP contribution < -0.4 is 15.1 Å². The van der Waals surface area contributed by atoms with Gasteiger partial charge in [-0.1, -0.05) is 12.1 Å². The summed E-state index contributed by atoms with van der Waals surface area (Å²) >= 11 is 0. The first kappa shape index (κ1) is 21.3. The molecular formula is C20H17F4N3O3. The molecule has 10 heteroatoms. The molecule has 158 valence electrons. The number of nitrogens with one attached hydrogen (secondary N) is 1. The fourth-order valence-electron chi connectivity index (χ4n) is 2.85. The van der Waals surface area contributed by atoms with E-state index in [9.17, 15) is 27.2 Å². The Hall–Kier alpha value is -3.43. The van der Waals surface area contributed by atoms with E-state index in [1.54, 1.807) is 19.2 Å². The monoisotopic (exact) mass is 423 g/mol. The zero-order chi connectivity index (χ0) is 21.8. The molecule has 1 N–H and O–H groups in total. The summed E-state index contributed by atoms with van der Waals surface area (Å²) in [4.78, 5) is 24.4. The van der Waals surface area contributed by atoms with Crippen molar-refractivity contribution in [2.75, 3.05) is 18.7 Å². The van der Waals surface area contributed by atoms with Gasteiger partial charge in [0.2, 0.25) is 5.91 Å². The largest absolute Gasteiger partial charge is 0.497 e. The molecule has 2 aromatic carbocycles. The molecule has 1 heterocycles. The second-order valence-electron chi connectivity index (χ2n) is 6.42. The molecule has 0 bridgehead atoms. The third-order valence-electron chi connectivity index (χ3n) is 4.45. The van der Waals surface area contributed by atoms with Crippen LogP contribution in [-0.2, 0) is 16.0 Å². The van der Waals surface area contributed by atoms with Crippen LogP contribution in [-0.4, -0.2) is 31.2 Å². The number of carbonyl (C=O) groups excluding carboxylic acids is 2. The summed E-state index contributed by atoms with van der Waals surface area (Å²) in [6, 6.07) is 7.22. The van der Waals surface area contributed by atoms with E-state index in [1.807, 2.05) is 12.1 Å². The second-order valence-corrected chi connectivity index (χ2v) is 6.42. The van der Waals surface area contributed by atoms with Gasteiger partial charge < -0.3 is 10.1 Å². The lowest BCUT2D eigenvalue weighted by molar-refractivity contribution is -0.119. The van der Waals surface area contributed by atoms with Crippen LogP contribution in [0.1, 0.15) is 18.4 Å². The van der Waals surface area contributed by atoms with Crippen molar-refractivity contribution in [3.8, 4) is 5.75 Å². The van der Waals surface area contributed by atoms with Gasteiger partial charge in [0.25, 0.3) is 5.91 Å². The zero-order valence-corrected chi connectivity index (χ0v) is 15.8. The average Bonchev–Trinajstić information content (AvgIpc) is 2.74. The van der Waals surface area contributed by atoms with E-state index < -0.39 is 40.8 Å². The SMILES string of the molecule is COc1ccc(CCNC(=O)C2=NN(c3c(F)c(F)cc(F)c3F)C(=O)CC2)cc1. The summed E-state index contributed by atoms with van der Waals surface area (Å²) in [6.45, 7) is 0.232. The van der Waals surface area contributed by atoms with E-state index in [-0.39, 0.29) is 36.2 Å². The van der Waals surface area contributed by atoms with Gasteiger partial charge in [-0.15, -0.1) is 0 Å². The van der Waals surface area contributed by atoms with Crippen LogP contribution in [0.2, 0.25) is 0 Å². The molecule has 0 atom stereocenters. The molecule has 2 amide bonds. The molecule has 0 saturated carbocycles. The van der Waals surface area contributed by atoms with Gasteiger partial charge in [0.1, 0.15) is 17.1 Å². The zero-order valence-electron chi connectivity index (χ0n) is 15.8. The van der Waals surface area contributed by atoms with E-state index in [4.69, 9.17) is 4.74 Å². The molecule has 6 nitrogen and oxygen atoms in total. The lowest BCUT2D eigenvalue weighted by Gasteiger charge is -2.24. The number of methoxy groups -OCH3 is 1. The number of carbonyl (C=O) groups is 2. The van der Waals surface area contributed by atoms with Crippen LogP contribution in [0.25, 0.3) is 0 Å². The van der Waals surface area contributed by atoms with Crippen molar-refractivity contribution in [2.24, 2.45) is 5.10 Å². The Bertz CT molecular complexity index is 983. The predicted molar refractivity (Wildman–Crippen MR) is 100 cm³/mol. The maximum absolute atomic E-state index is 14.0. The number of halogens is 4. The van der Waals surface area contributed by atoms with Crippen molar-refractivity contribution in [3.63, 3.8) is 0 Å². The number of benzene rings is 2. The number of nitrogens with zero attached hydrogens (tertiary/aromatic N) is 2. The highest BCUT2D eigenvalue weighted by molar-refractivity contribution is 6.40. The van der Waals surface area contributed by atoms with E-state index in [0.717, 1.165) is 5.56 Å². The van der Waals surface area contributed by atoms with Crippen molar-refractivity contribution < 1.29 is 31.9 Å². The number of hydrazone groups is 1. The minimum atomic E-state index is -1.77. The maximum atomic E-state index is 14.0. The molecule has 0 saturated heterocycles. The Morgan fingerprint density at radius 2 is 1.73 bits per heavy atom. The number of rotatable bonds is 6. The Balaban J connectivity index is 1.73. The topological polar surface area (TPSA) is 71.0 Å². The van der Waals surface area contributed by atoms with E-state index >= 15 is 0 Å². The minimum Gasteiger partial charge on any atom is -0.497 e. The molecule has 0 aromatic heterocycles. The molecule has 1 aliphatic rings. The lowest BCUT2D eigenvalue weighted by atomic mass is 10.1. The number of hydrogen-bond acceptors (Lipinski definition) is 4. The maximum Gasteiger partial charge on any atom is 0.267 e. The Labute approximate surface area is 169 Å². The van der Waals surface area contributed by atoms with E-state index in [0.29, 0.717) is 12.2 Å². The molecule has 0 fully saturated rings. The molecule has 1 aliphatic heterocycles. The first-order chi connectivity index (χ1) is 14.3. The van der Waals surface area contributed by atoms with Crippen molar-refractivity contribution >= 4 is 23.2 Å². The number of amides is 2. The van der Waals surface area contributed by atoms with Crippen LogP contribution in [0.5, 0.6) is 5.75 Å². The van der Waals surface area contributed by atoms with Crippen molar-refractivity contribution in [3.05, 3.63) is 59.2 Å². The third-order valence-corrected chi connectivity index (χ3v) is 4.45. The van der Waals surface area contributed by atoms with Crippen molar-refractivity contribution in [1.29, 1.82) is 0 Å². The van der Waals surface area contributed by atoms with Gasteiger partial charge in [-0.3, -0.25) is 9.59 Å². The number of hydrogen-bond donors (Lipinski definition) is 1. The highest BCUT2D eigenvalue weighted by atomic mass is 19.2.